The van der Waals surface area contributed by atoms with Crippen molar-refractivity contribution in [1.29, 1.82) is 0 Å². The highest BCUT2D eigenvalue weighted by Crippen LogP contribution is 2.39. The zero-order valence-corrected chi connectivity index (χ0v) is 17.8. The molecule has 0 spiro atoms. The van der Waals surface area contributed by atoms with Gasteiger partial charge in [-0.3, -0.25) is 14.2 Å². The summed E-state index contributed by atoms with van der Waals surface area (Å²) in [5, 5.41) is 7.34. The molecule has 1 fully saturated rings. The monoisotopic (exact) mass is 468 g/mol. The number of carbonyl (C=O) groups excluding carboxylic acids is 1. The Labute approximate surface area is 191 Å². The third kappa shape index (κ3) is 4.43. The summed E-state index contributed by atoms with van der Waals surface area (Å²) in [6, 6.07) is 13.0. The highest BCUT2D eigenvalue weighted by Gasteiger charge is 2.30. The molecule has 7 nitrogen and oxygen atoms in total. The van der Waals surface area contributed by atoms with E-state index in [1.165, 1.54) is 22.8 Å². The number of para-hydroxylation sites is 1. The van der Waals surface area contributed by atoms with Crippen molar-refractivity contribution in [2.75, 3.05) is 0 Å². The summed E-state index contributed by atoms with van der Waals surface area (Å²) in [5.41, 5.74) is 0.370. The molecule has 0 atom stereocenters. The van der Waals surface area contributed by atoms with Crippen LogP contribution in [0.15, 0.2) is 63.9 Å². The standard InChI is InChI=1S/C24H19F3N4O3/c25-24(26,27)16-9-5-14(6-10-16)12-28-20(32)13-31-19-4-2-1-3-17(19)18(11-21(31)33)23-29-22(30-34-23)15-7-8-15/h1-6,9-11,15H,7-8,12-13H2,(H,28,32). The van der Waals surface area contributed by atoms with Crippen molar-refractivity contribution in [2.45, 2.75) is 38.0 Å². The zero-order valence-electron chi connectivity index (χ0n) is 17.8. The molecule has 1 aliphatic carbocycles. The van der Waals surface area contributed by atoms with E-state index in [0.717, 1.165) is 25.0 Å². The van der Waals surface area contributed by atoms with Crippen LogP contribution < -0.4 is 10.9 Å². The van der Waals surface area contributed by atoms with Crippen molar-refractivity contribution in [1.82, 2.24) is 20.0 Å². The number of aromatic nitrogens is 3. The van der Waals surface area contributed by atoms with Crippen molar-refractivity contribution in [3.05, 3.63) is 81.9 Å². The highest BCUT2D eigenvalue weighted by atomic mass is 19.4. The molecule has 1 amide bonds. The quantitative estimate of drug-likeness (QED) is 0.457. The van der Waals surface area contributed by atoms with Gasteiger partial charge in [-0.25, -0.2) is 0 Å². The molecule has 2 heterocycles. The minimum absolute atomic E-state index is 0.0354. The van der Waals surface area contributed by atoms with Crippen LogP contribution in [0, 0.1) is 0 Å². The maximum Gasteiger partial charge on any atom is 0.416 e. The van der Waals surface area contributed by atoms with E-state index in [1.807, 2.05) is 12.1 Å². The van der Waals surface area contributed by atoms with Crippen LogP contribution in [0.5, 0.6) is 0 Å². The van der Waals surface area contributed by atoms with Gasteiger partial charge in [-0.05, 0) is 36.6 Å². The summed E-state index contributed by atoms with van der Waals surface area (Å²) in [6.45, 7) is -0.217. The van der Waals surface area contributed by atoms with Gasteiger partial charge in [0, 0.05) is 23.9 Å². The number of hydrogen-bond donors (Lipinski definition) is 1. The molecule has 5 rings (SSSR count). The predicted octanol–water partition coefficient (Wildman–Crippen LogP) is 4.26. The van der Waals surface area contributed by atoms with Crippen LogP contribution in [0.2, 0.25) is 0 Å². The lowest BCUT2D eigenvalue weighted by atomic mass is 10.1. The number of nitrogens with one attached hydrogen (secondary N) is 1. The van der Waals surface area contributed by atoms with Gasteiger partial charge < -0.3 is 9.84 Å². The van der Waals surface area contributed by atoms with Crippen LogP contribution in [0.1, 0.15) is 35.7 Å². The van der Waals surface area contributed by atoms with Gasteiger partial charge in [0.25, 0.3) is 11.4 Å². The predicted molar refractivity (Wildman–Crippen MR) is 117 cm³/mol. The maximum absolute atomic E-state index is 12.9. The summed E-state index contributed by atoms with van der Waals surface area (Å²) >= 11 is 0. The number of benzene rings is 2. The van der Waals surface area contributed by atoms with Crippen molar-refractivity contribution in [2.24, 2.45) is 0 Å². The minimum atomic E-state index is -4.42. The Bertz CT molecular complexity index is 1420. The molecule has 2 aromatic carbocycles. The molecule has 10 heteroatoms. The maximum atomic E-state index is 12.9. The molecule has 2 aromatic heterocycles. The average molecular weight is 468 g/mol. The first-order chi connectivity index (χ1) is 16.3. The Kier molecular flexibility index (Phi) is 5.43. The van der Waals surface area contributed by atoms with Gasteiger partial charge in [0.2, 0.25) is 5.91 Å². The summed E-state index contributed by atoms with van der Waals surface area (Å²) in [5.74, 6) is 0.742. The minimum Gasteiger partial charge on any atom is -0.350 e. The number of halogens is 3. The zero-order chi connectivity index (χ0) is 23.9. The van der Waals surface area contributed by atoms with Crippen LogP contribution in [-0.4, -0.2) is 20.6 Å². The molecule has 4 aromatic rings. The van der Waals surface area contributed by atoms with E-state index in [0.29, 0.717) is 33.8 Å². The fourth-order valence-electron chi connectivity index (χ4n) is 3.74. The third-order valence-corrected chi connectivity index (χ3v) is 5.71. The first-order valence-corrected chi connectivity index (χ1v) is 10.7. The molecule has 174 valence electrons. The summed E-state index contributed by atoms with van der Waals surface area (Å²) in [4.78, 5) is 29.9. The molecular formula is C24H19F3N4O3. The van der Waals surface area contributed by atoms with E-state index in [-0.39, 0.29) is 19.0 Å². The number of rotatable bonds is 6. The van der Waals surface area contributed by atoms with Crippen LogP contribution in [0.3, 0.4) is 0 Å². The largest absolute Gasteiger partial charge is 0.416 e. The molecule has 0 bridgehead atoms. The molecule has 1 aliphatic rings. The van der Waals surface area contributed by atoms with Gasteiger partial charge in [0.1, 0.15) is 6.54 Å². The van der Waals surface area contributed by atoms with Gasteiger partial charge in [0.15, 0.2) is 5.82 Å². The third-order valence-electron chi connectivity index (χ3n) is 5.71. The van der Waals surface area contributed by atoms with Gasteiger partial charge in [-0.2, -0.15) is 18.2 Å². The normalized spacial score (nSPS) is 13.9. The Morgan fingerprint density at radius 2 is 1.85 bits per heavy atom. The van der Waals surface area contributed by atoms with Crippen LogP contribution in [0.25, 0.3) is 22.4 Å². The SMILES string of the molecule is O=C(Cn1c(=O)cc(-c2nc(C3CC3)no2)c2ccccc21)NCc1ccc(C(F)(F)F)cc1. The molecule has 1 saturated carbocycles. The van der Waals surface area contributed by atoms with Crippen LogP contribution >= 0.6 is 0 Å². The van der Waals surface area contributed by atoms with E-state index in [4.69, 9.17) is 4.52 Å². The number of fused-ring (bicyclic) bond motifs is 1. The highest BCUT2D eigenvalue weighted by molar-refractivity contribution is 5.93. The lowest BCUT2D eigenvalue weighted by Crippen LogP contribution is -2.32. The molecular weight excluding hydrogens is 449 g/mol. The van der Waals surface area contributed by atoms with Crippen LogP contribution in [0.4, 0.5) is 13.2 Å². The van der Waals surface area contributed by atoms with Crippen LogP contribution in [-0.2, 0) is 24.1 Å². The topological polar surface area (TPSA) is 90.0 Å². The fourth-order valence-corrected chi connectivity index (χ4v) is 3.74. The lowest BCUT2D eigenvalue weighted by Gasteiger charge is -2.13. The van der Waals surface area contributed by atoms with Crippen molar-refractivity contribution in [3.63, 3.8) is 0 Å². The number of amides is 1. The Morgan fingerprint density at radius 1 is 1.12 bits per heavy atom. The van der Waals surface area contributed by atoms with Crippen molar-refractivity contribution >= 4 is 16.8 Å². The lowest BCUT2D eigenvalue weighted by molar-refractivity contribution is -0.137. The first kappa shape index (κ1) is 21.9. The number of alkyl halides is 3. The Balaban J connectivity index is 1.36. The molecule has 0 saturated heterocycles. The number of pyridine rings is 1. The molecule has 0 aliphatic heterocycles. The molecule has 0 radical (unpaired) electrons. The second-order valence-electron chi connectivity index (χ2n) is 8.20. The fraction of sp³-hybridized carbons (Fsp3) is 0.250. The van der Waals surface area contributed by atoms with Gasteiger partial charge in [-0.15, -0.1) is 0 Å². The van der Waals surface area contributed by atoms with Gasteiger partial charge in [0.05, 0.1) is 16.6 Å². The van der Waals surface area contributed by atoms with Crippen molar-refractivity contribution < 1.29 is 22.5 Å². The molecule has 0 unspecified atom stereocenters. The second kappa shape index (κ2) is 8.44. The van der Waals surface area contributed by atoms with E-state index in [9.17, 15) is 22.8 Å². The summed E-state index contributed by atoms with van der Waals surface area (Å²) < 4.78 is 44.8. The number of hydrogen-bond acceptors (Lipinski definition) is 5. The van der Waals surface area contributed by atoms with Crippen molar-refractivity contribution in [3.8, 4) is 11.5 Å². The van der Waals surface area contributed by atoms with E-state index < -0.39 is 23.2 Å². The number of carbonyl (C=O) groups is 1. The summed E-state index contributed by atoms with van der Waals surface area (Å²) in [7, 11) is 0. The Morgan fingerprint density at radius 3 is 2.56 bits per heavy atom. The smallest absolute Gasteiger partial charge is 0.350 e. The Hall–Kier alpha value is -3.95. The van der Waals surface area contributed by atoms with E-state index in [1.54, 1.807) is 12.1 Å². The van der Waals surface area contributed by atoms with Gasteiger partial charge >= 0.3 is 6.18 Å². The second-order valence-corrected chi connectivity index (χ2v) is 8.20. The average Bonchev–Trinajstić information content (AvgIpc) is 3.56. The first-order valence-electron chi connectivity index (χ1n) is 10.7. The van der Waals surface area contributed by atoms with E-state index in [2.05, 4.69) is 15.5 Å². The summed E-state index contributed by atoms with van der Waals surface area (Å²) in [6.07, 6.45) is -2.39. The van der Waals surface area contributed by atoms with E-state index >= 15 is 0 Å². The van der Waals surface area contributed by atoms with Gasteiger partial charge in [-0.1, -0.05) is 35.5 Å². The molecule has 1 N–H and O–H groups in total. The number of nitrogens with zero attached hydrogens (tertiary/aromatic N) is 3. The molecule has 34 heavy (non-hydrogen) atoms.